The molecule has 2 aliphatic rings. The normalized spacial score (nSPS) is 20.7. The predicted molar refractivity (Wildman–Crippen MR) is 130 cm³/mol. The minimum absolute atomic E-state index is 0.108. The summed E-state index contributed by atoms with van der Waals surface area (Å²) in [4.78, 5) is 17.7. The first-order valence-electron chi connectivity index (χ1n) is 10.5. The number of benzene rings is 1. The molecule has 2 aromatic rings. The molecule has 160 valence electrons. The molecule has 1 aromatic heterocycles. The van der Waals surface area contributed by atoms with Gasteiger partial charge < -0.3 is 5.73 Å². The summed E-state index contributed by atoms with van der Waals surface area (Å²) in [6.07, 6.45) is 2.09. The van der Waals surface area contributed by atoms with Gasteiger partial charge in [0.25, 0.3) is 0 Å². The smallest absolute Gasteiger partial charge is 0.162 e. The maximum Gasteiger partial charge on any atom is 0.162 e. The standard InChI is InChI=1S/C25H26BrN3OS/c1-5-20-17(26)10-21(31-20)22-16(13-27)24(28)29(15-8-6-7-14(2)9-15)18-11-25(3,4)12-19(30)23(18)22/h6-10,22H,5,11-12,28H2,1-4H3. The van der Waals surface area contributed by atoms with Crippen LogP contribution in [0.4, 0.5) is 5.69 Å². The summed E-state index contributed by atoms with van der Waals surface area (Å²) in [7, 11) is 0. The van der Waals surface area contributed by atoms with Crippen molar-refractivity contribution in [1.82, 2.24) is 0 Å². The fourth-order valence-electron chi connectivity index (χ4n) is 4.66. The number of aryl methyl sites for hydroxylation is 2. The lowest BCUT2D eigenvalue weighted by Gasteiger charge is -2.43. The minimum Gasteiger partial charge on any atom is -0.384 e. The van der Waals surface area contributed by atoms with Gasteiger partial charge in [-0.3, -0.25) is 9.69 Å². The van der Waals surface area contributed by atoms with Crippen molar-refractivity contribution in [3.8, 4) is 6.07 Å². The Balaban J connectivity index is 2.00. The van der Waals surface area contributed by atoms with Crippen molar-refractivity contribution in [2.45, 2.75) is 52.9 Å². The highest BCUT2D eigenvalue weighted by Gasteiger charge is 2.45. The molecule has 31 heavy (non-hydrogen) atoms. The number of anilines is 1. The van der Waals surface area contributed by atoms with E-state index >= 15 is 0 Å². The Kier molecular flexibility index (Phi) is 5.61. The zero-order chi connectivity index (χ0) is 22.5. The Labute approximate surface area is 196 Å². The fraction of sp³-hybridized carbons (Fsp3) is 0.360. The lowest BCUT2D eigenvalue weighted by atomic mass is 9.69. The van der Waals surface area contributed by atoms with Crippen LogP contribution in [0.25, 0.3) is 0 Å². The van der Waals surface area contributed by atoms with Gasteiger partial charge in [-0.05, 0) is 64.9 Å². The van der Waals surface area contributed by atoms with E-state index in [-0.39, 0.29) is 11.2 Å². The van der Waals surface area contributed by atoms with Crippen LogP contribution in [-0.4, -0.2) is 5.78 Å². The van der Waals surface area contributed by atoms with Crippen molar-refractivity contribution in [3.63, 3.8) is 0 Å². The number of carbonyl (C=O) groups is 1. The molecule has 2 heterocycles. The number of nitrogens with zero attached hydrogens (tertiary/aromatic N) is 2. The van der Waals surface area contributed by atoms with Crippen molar-refractivity contribution in [1.29, 1.82) is 5.26 Å². The second-order valence-electron chi connectivity index (χ2n) is 9.09. The van der Waals surface area contributed by atoms with Crippen molar-refractivity contribution >= 4 is 38.7 Å². The summed E-state index contributed by atoms with van der Waals surface area (Å²) < 4.78 is 1.03. The van der Waals surface area contributed by atoms with E-state index in [1.54, 1.807) is 11.3 Å². The van der Waals surface area contributed by atoms with Gasteiger partial charge in [0, 0.05) is 37.6 Å². The van der Waals surface area contributed by atoms with Crippen molar-refractivity contribution < 1.29 is 4.79 Å². The molecule has 0 fully saturated rings. The zero-order valence-corrected chi connectivity index (χ0v) is 20.7. The average molecular weight is 496 g/mol. The van der Waals surface area contributed by atoms with Crippen LogP contribution in [0.1, 0.15) is 54.8 Å². The molecule has 1 aromatic carbocycles. The summed E-state index contributed by atoms with van der Waals surface area (Å²) >= 11 is 5.30. The summed E-state index contributed by atoms with van der Waals surface area (Å²) in [5.41, 5.74) is 10.6. The number of rotatable bonds is 3. The molecule has 0 bridgehead atoms. The Hall–Kier alpha value is -2.36. The van der Waals surface area contributed by atoms with Gasteiger partial charge in [0.2, 0.25) is 0 Å². The summed E-state index contributed by atoms with van der Waals surface area (Å²) in [5, 5.41) is 10.2. The third-order valence-corrected chi connectivity index (χ3v) is 8.34. The molecule has 6 heteroatoms. The number of nitrogens with two attached hydrogens (primary N) is 1. The van der Waals surface area contributed by atoms with Crippen molar-refractivity contribution in [3.05, 3.63) is 72.8 Å². The van der Waals surface area contributed by atoms with Crippen LogP contribution in [0, 0.1) is 23.7 Å². The van der Waals surface area contributed by atoms with E-state index < -0.39 is 5.92 Å². The molecular formula is C25H26BrN3OS. The number of halogens is 1. The molecule has 1 aliphatic carbocycles. The Morgan fingerprint density at radius 1 is 1.32 bits per heavy atom. The molecule has 0 saturated heterocycles. The van der Waals surface area contributed by atoms with Crippen molar-refractivity contribution in [2.24, 2.45) is 11.1 Å². The third-order valence-electron chi connectivity index (χ3n) is 6.02. The molecule has 0 radical (unpaired) electrons. The first-order valence-corrected chi connectivity index (χ1v) is 12.1. The molecule has 0 spiro atoms. The quantitative estimate of drug-likeness (QED) is 0.540. The summed E-state index contributed by atoms with van der Waals surface area (Å²) in [6, 6.07) is 12.5. The van der Waals surface area contributed by atoms with Gasteiger partial charge >= 0.3 is 0 Å². The zero-order valence-electron chi connectivity index (χ0n) is 18.3. The number of hydrogen-bond donors (Lipinski definition) is 1. The van der Waals surface area contributed by atoms with Crippen LogP contribution >= 0.6 is 27.3 Å². The lowest BCUT2D eigenvalue weighted by molar-refractivity contribution is -0.118. The molecule has 0 amide bonds. The maximum atomic E-state index is 13.5. The fourth-order valence-corrected chi connectivity index (χ4v) is 6.70. The van der Waals surface area contributed by atoms with Crippen molar-refractivity contribution in [2.75, 3.05) is 4.90 Å². The summed E-state index contributed by atoms with van der Waals surface area (Å²) in [6.45, 7) is 8.38. The Morgan fingerprint density at radius 3 is 2.68 bits per heavy atom. The van der Waals surface area contributed by atoms with Gasteiger partial charge in [-0.2, -0.15) is 5.26 Å². The molecule has 4 nitrogen and oxygen atoms in total. The van der Waals surface area contributed by atoms with Crippen LogP contribution in [0.5, 0.6) is 0 Å². The second-order valence-corrected chi connectivity index (χ2v) is 11.1. The van der Waals surface area contributed by atoms with E-state index in [1.807, 2.05) is 30.0 Å². The third kappa shape index (κ3) is 3.75. The van der Waals surface area contributed by atoms with Crippen LogP contribution in [0.15, 0.2) is 57.5 Å². The highest BCUT2D eigenvalue weighted by Crippen LogP contribution is 2.51. The molecule has 1 unspecified atom stereocenters. The average Bonchev–Trinajstić information content (AvgIpc) is 3.06. The lowest BCUT2D eigenvalue weighted by Crippen LogP contribution is -2.42. The maximum absolute atomic E-state index is 13.5. The number of thiophene rings is 1. The van der Waals surface area contributed by atoms with Gasteiger partial charge in [-0.15, -0.1) is 11.3 Å². The molecule has 1 aliphatic heterocycles. The number of ketones is 1. The second kappa shape index (κ2) is 7.96. The van der Waals surface area contributed by atoms with Crippen LogP contribution in [0.2, 0.25) is 0 Å². The molecule has 4 rings (SSSR count). The van der Waals surface area contributed by atoms with E-state index in [0.717, 1.165) is 44.7 Å². The SMILES string of the molecule is CCc1sc(C2C(C#N)=C(N)N(c3cccc(C)c3)C3=C2C(=O)CC(C)(C)C3)cc1Br. The van der Waals surface area contributed by atoms with Crippen LogP contribution in [-0.2, 0) is 11.2 Å². The highest BCUT2D eigenvalue weighted by molar-refractivity contribution is 9.10. The minimum atomic E-state index is -0.411. The first kappa shape index (κ1) is 21.9. The van der Waals surface area contributed by atoms with E-state index in [2.05, 4.69) is 54.9 Å². The van der Waals surface area contributed by atoms with Gasteiger partial charge in [0.15, 0.2) is 5.78 Å². The number of nitriles is 1. The number of carbonyl (C=O) groups excluding carboxylic acids is 1. The largest absolute Gasteiger partial charge is 0.384 e. The highest BCUT2D eigenvalue weighted by atomic mass is 79.9. The molecule has 2 N–H and O–H groups in total. The van der Waals surface area contributed by atoms with E-state index in [9.17, 15) is 10.1 Å². The first-order chi connectivity index (χ1) is 14.7. The van der Waals surface area contributed by atoms with Crippen LogP contribution in [0.3, 0.4) is 0 Å². The van der Waals surface area contributed by atoms with Gasteiger partial charge in [0.05, 0.1) is 17.6 Å². The number of allylic oxidation sites excluding steroid dienone is 3. The number of Topliss-reactive ketones (excluding diaryl/α,β-unsaturated/α-hetero) is 1. The molecule has 1 atom stereocenters. The molecule has 0 saturated carbocycles. The van der Waals surface area contributed by atoms with E-state index in [0.29, 0.717) is 17.8 Å². The monoisotopic (exact) mass is 495 g/mol. The summed E-state index contributed by atoms with van der Waals surface area (Å²) in [5.74, 6) is 0.118. The Bertz CT molecular complexity index is 1180. The predicted octanol–water partition coefficient (Wildman–Crippen LogP) is 6.32. The number of hydrogen-bond acceptors (Lipinski definition) is 5. The van der Waals surface area contributed by atoms with Gasteiger partial charge in [-0.25, -0.2) is 0 Å². The van der Waals surface area contributed by atoms with Gasteiger partial charge in [-0.1, -0.05) is 32.9 Å². The Morgan fingerprint density at radius 2 is 2.06 bits per heavy atom. The molecular weight excluding hydrogens is 470 g/mol. The van der Waals surface area contributed by atoms with Crippen LogP contribution < -0.4 is 10.6 Å². The van der Waals surface area contributed by atoms with E-state index in [4.69, 9.17) is 5.73 Å². The topological polar surface area (TPSA) is 70.1 Å². The van der Waals surface area contributed by atoms with Gasteiger partial charge in [0.1, 0.15) is 5.82 Å². The van der Waals surface area contributed by atoms with E-state index in [1.165, 1.54) is 4.88 Å².